The van der Waals surface area contributed by atoms with Crippen molar-refractivity contribution in [1.29, 1.82) is 0 Å². The molecule has 0 heterocycles. The molecule has 2 N–H and O–H groups in total. The molecular weight excluding hydrogens is 197 g/mol. The summed E-state index contributed by atoms with van der Waals surface area (Å²) in [5.74, 6) is -1.38. The van der Waals surface area contributed by atoms with Crippen LogP contribution in [0.25, 0.3) is 0 Å². The van der Waals surface area contributed by atoms with Gasteiger partial charge in [-0.05, 0) is 17.7 Å². The van der Waals surface area contributed by atoms with Crippen LogP contribution < -0.4 is 5.32 Å². The average molecular weight is 209 g/mol. The zero-order chi connectivity index (χ0) is 11.3. The van der Waals surface area contributed by atoms with Gasteiger partial charge >= 0.3 is 5.97 Å². The van der Waals surface area contributed by atoms with Gasteiger partial charge in [0.1, 0.15) is 11.9 Å². The third-order valence-electron chi connectivity index (χ3n) is 1.92. The molecular formula is C11H12FNO2. The van der Waals surface area contributed by atoms with Gasteiger partial charge in [-0.3, -0.25) is 10.1 Å². The van der Waals surface area contributed by atoms with Crippen molar-refractivity contribution in [3.63, 3.8) is 0 Å². The monoisotopic (exact) mass is 209 g/mol. The SMILES string of the molecule is C=CCNC(C(=O)O)c1ccc(F)cc1. The molecule has 0 saturated heterocycles. The van der Waals surface area contributed by atoms with Crippen molar-refractivity contribution < 1.29 is 14.3 Å². The van der Waals surface area contributed by atoms with Crippen LogP contribution in [-0.2, 0) is 4.79 Å². The number of hydrogen-bond acceptors (Lipinski definition) is 2. The number of aliphatic carboxylic acids is 1. The van der Waals surface area contributed by atoms with E-state index >= 15 is 0 Å². The fraction of sp³-hybridized carbons (Fsp3) is 0.182. The van der Waals surface area contributed by atoms with Crippen LogP contribution in [0.5, 0.6) is 0 Å². The van der Waals surface area contributed by atoms with Gasteiger partial charge in [0.15, 0.2) is 0 Å². The Morgan fingerprint density at radius 1 is 1.53 bits per heavy atom. The Kier molecular flexibility index (Phi) is 4.00. The fourth-order valence-corrected chi connectivity index (χ4v) is 1.20. The Morgan fingerprint density at radius 2 is 2.13 bits per heavy atom. The zero-order valence-electron chi connectivity index (χ0n) is 8.11. The molecule has 0 fully saturated rings. The van der Waals surface area contributed by atoms with Gasteiger partial charge < -0.3 is 5.11 Å². The standard InChI is InChI=1S/C11H12FNO2/c1-2-7-13-10(11(14)15)8-3-5-9(12)6-4-8/h2-6,10,13H,1,7H2,(H,14,15). The van der Waals surface area contributed by atoms with Crippen LogP contribution >= 0.6 is 0 Å². The first kappa shape index (κ1) is 11.4. The van der Waals surface area contributed by atoms with Gasteiger partial charge in [0.05, 0.1) is 0 Å². The molecule has 0 aliphatic rings. The third-order valence-corrected chi connectivity index (χ3v) is 1.92. The van der Waals surface area contributed by atoms with Crippen LogP contribution in [0.15, 0.2) is 36.9 Å². The lowest BCUT2D eigenvalue weighted by molar-refractivity contribution is -0.139. The lowest BCUT2D eigenvalue weighted by Gasteiger charge is -2.13. The van der Waals surface area contributed by atoms with E-state index in [4.69, 9.17) is 5.11 Å². The predicted octanol–water partition coefficient (Wildman–Crippen LogP) is 1.73. The molecule has 0 aliphatic heterocycles. The third kappa shape index (κ3) is 3.18. The van der Waals surface area contributed by atoms with E-state index in [-0.39, 0.29) is 5.82 Å². The number of carboxylic acids is 1. The van der Waals surface area contributed by atoms with E-state index in [1.54, 1.807) is 6.08 Å². The van der Waals surface area contributed by atoms with Gasteiger partial charge in [-0.1, -0.05) is 18.2 Å². The second kappa shape index (κ2) is 5.26. The van der Waals surface area contributed by atoms with E-state index in [1.165, 1.54) is 24.3 Å². The fourth-order valence-electron chi connectivity index (χ4n) is 1.20. The normalized spacial score (nSPS) is 12.1. The maximum Gasteiger partial charge on any atom is 0.325 e. The van der Waals surface area contributed by atoms with Crippen LogP contribution in [-0.4, -0.2) is 17.6 Å². The Morgan fingerprint density at radius 3 is 2.60 bits per heavy atom. The van der Waals surface area contributed by atoms with Gasteiger partial charge in [0.25, 0.3) is 0 Å². The summed E-state index contributed by atoms with van der Waals surface area (Å²) in [7, 11) is 0. The number of rotatable bonds is 5. The summed E-state index contributed by atoms with van der Waals surface area (Å²) in [6.07, 6.45) is 1.57. The molecule has 3 nitrogen and oxygen atoms in total. The highest BCUT2D eigenvalue weighted by molar-refractivity contribution is 5.75. The van der Waals surface area contributed by atoms with E-state index in [0.29, 0.717) is 12.1 Å². The summed E-state index contributed by atoms with van der Waals surface area (Å²) in [6.45, 7) is 3.87. The molecule has 0 radical (unpaired) electrons. The maximum atomic E-state index is 12.6. The van der Waals surface area contributed by atoms with Crippen LogP contribution in [0.3, 0.4) is 0 Å². The molecule has 0 spiro atoms. The lowest BCUT2D eigenvalue weighted by atomic mass is 10.1. The van der Waals surface area contributed by atoms with Crippen molar-refractivity contribution in [3.8, 4) is 0 Å². The van der Waals surface area contributed by atoms with Gasteiger partial charge in [0.2, 0.25) is 0 Å². The predicted molar refractivity (Wildman–Crippen MR) is 55.0 cm³/mol. The van der Waals surface area contributed by atoms with Crippen LogP contribution in [0.1, 0.15) is 11.6 Å². The second-order valence-corrected chi connectivity index (χ2v) is 3.02. The molecule has 1 atom stereocenters. The number of halogens is 1. The number of carbonyl (C=O) groups is 1. The highest BCUT2D eigenvalue weighted by Gasteiger charge is 2.17. The highest BCUT2D eigenvalue weighted by atomic mass is 19.1. The summed E-state index contributed by atoms with van der Waals surface area (Å²) in [4.78, 5) is 10.9. The Labute approximate surface area is 87.2 Å². The van der Waals surface area contributed by atoms with Gasteiger partial charge in [-0.25, -0.2) is 4.39 Å². The van der Waals surface area contributed by atoms with Crippen LogP contribution in [0.2, 0.25) is 0 Å². The Hall–Kier alpha value is -1.68. The molecule has 0 saturated carbocycles. The minimum atomic E-state index is -0.997. The van der Waals surface area contributed by atoms with E-state index in [2.05, 4.69) is 11.9 Å². The summed E-state index contributed by atoms with van der Waals surface area (Å²) >= 11 is 0. The molecule has 1 unspecified atom stereocenters. The van der Waals surface area contributed by atoms with Crippen LogP contribution in [0, 0.1) is 5.82 Å². The molecule has 0 bridgehead atoms. The van der Waals surface area contributed by atoms with Crippen molar-refractivity contribution in [2.45, 2.75) is 6.04 Å². The molecule has 1 aromatic carbocycles. The van der Waals surface area contributed by atoms with E-state index < -0.39 is 12.0 Å². The van der Waals surface area contributed by atoms with Crippen LogP contribution in [0.4, 0.5) is 4.39 Å². The van der Waals surface area contributed by atoms with Crippen molar-refractivity contribution in [3.05, 3.63) is 48.3 Å². The minimum Gasteiger partial charge on any atom is -0.480 e. The number of benzene rings is 1. The summed E-state index contributed by atoms with van der Waals surface area (Å²) in [6, 6.07) is 4.54. The first-order chi connectivity index (χ1) is 7.15. The first-order valence-corrected chi connectivity index (χ1v) is 4.47. The molecule has 4 heteroatoms. The zero-order valence-corrected chi connectivity index (χ0v) is 8.11. The molecule has 15 heavy (non-hydrogen) atoms. The number of nitrogens with one attached hydrogen (secondary N) is 1. The summed E-state index contributed by atoms with van der Waals surface area (Å²) in [5, 5.41) is 11.7. The number of hydrogen-bond donors (Lipinski definition) is 2. The van der Waals surface area contributed by atoms with E-state index in [1.807, 2.05) is 0 Å². The quantitative estimate of drug-likeness (QED) is 0.726. The van der Waals surface area contributed by atoms with E-state index in [9.17, 15) is 9.18 Å². The van der Waals surface area contributed by atoms with E-state index in [0.717, 1.165) is 0 Å². The molecule has 0 aromatic heterocycles. The average Bonchev–Trinajstić information content (AvgIpc) is 2.21. The second-order valence-electron chi connectivity index (χ2n) is 3.02. The molecule has 1 rings (SSSR count). The smallest absolute Gasteiger partial charge is 0.325 e. The van der Waals surface area contributed by atoms with Crippen molar-refractivity contribution in [2.75, 3.05) is 6.54 Å². The van der Waals surface area contributed by atoms with Crippen molar-refractivity contribution >= 4 is 5.97 Å². The topological polar surface area (TPSA) is 49.3 Å². The Bertz CT molecular complexity index is 348. The maximum absolute atomic E-state index is 12.6. The largest absolute Gasteiger partial charge is 0.480 e. The highest BCUT2D eigenvalue weighted by Crippen LogP contribution is 2.13. The molecule has 0 aliphatic carbocycles. The van der Waals surface area contributed by atoms with Gasteiger partial charge in [0, 0.05) is 6.54 Å². The molecule has 1 aromatic rings. The lowest BCUT2D eigenvalue weighted by Crippen LogP contribution is -2.28. The molecule has 80 valence electrons. The summed E-state index contributed by atoms with van der Waals surface area (Å²) in [5.41, 5.74) is 0.519. The van der Waals surface area contributed by atoms with Gasteiger partial charge in [-0.15, -0.1) is 6.58 Å². The molecule has 0 amide bonds. The van der Waals surface area contributed by atoms with Crippen molar-refractivity contribution in [2.24, 2.45) is 0 Å². The summed E-state index contributed by atoms with van der Waals surface area (Å²) < 4.78 is 12.6. The number of carboxylic acid groups (broad SMARTS) is 1. The van der Waals surface area contributed by atoms with Crippen molar-refractivity contribution in [1.82, 2.24) is 5.32 Å². The minimum absolute atomic E-state index is 0.383. The first-order valence-electron chi connectivity index (χ1n) is 4.47. The Balaban J connectivity index is 2.83. The van der Waals surface area contributed by atoms with Gasteiger partial charge in [-0.2, -0.15) is 0 Å².